The maximum Gasteiger partial charge on any atom is 0.338 e. The molecule has 2 heterocycles. The molecule has 1 fully saturated rings. The number of fused-ring (bicyclic) bond motifs is 2. The van der Waals surface area contributed by atoms with E-state index in [1.807, 2.05) is 24.3 Å². The Labute approximate surface area is 122 Å². The molecule has 0 aromatic heterocycles. The predicted octanol–water partition coefficient (Wildman–Crippen LogP) is 0.991. The second-order valence-electron chi connectivity index (χ2n) is 4.86. The van der Waals surface area contributed by atoms with Crippen LogP contribution in [0.15, 0.2) is 36.1 Å². The van der Waals surface area contributed by atoms with Gasteiger partial charge in [-0.1, -0.05) is 24.1 Å². The molecule has 5 heteroatoms. The minimum atomic E-state index is -1.15. The number of hydrogen-bond donors (Lipinski definition) is 0. The van der Waals surface area contributed by atoms with Gasteiger partial charge in [0.05, 0.1) is 25.5 Å². The summed E-state index contributed by atoms with van der Waals surface area (Å²) in [7, 11) is 1.43. The summed E-state index contributed by atoms with van der Waals surface area (Å²) in [6.07, 6.45) is 6.64. The van der Waals surface area contributed by atoms with Crippen molar-refractivity contribution in [1.29, 1.82) is 0 Å². The Morgan fingerprint density at radius 2 is 2.24 bits per heavy atom. The number of esters is 1. The van der Waals surface area contributed by atoms with E-state index in [0.717, 1.165) is 5.56 Å². The van der Waals surface area contributed by atoms with Crippen molar-refractivity contribution in [3.05, 3.63) is 41.7 Å². The molecule has 106 valence electrons. The van der Waals surface area contributed by atoms with Crippen molar-refractivity contribution in [3.63, 3.8) is 0 Å². The summed E-state index contributed by atoms with van der Waals surface area (Å²) < 4.78 is 10.1. The van der Waals surface area contributed by atoms with Crippen LogP contribution in [0.4, 0.5) is 5.69 Å². The summed E-state index contributed by atoms with van der Waals surface area (Å²) in [5, 5.41) is 0. The van der Waals surface area contributed by atoms with Gasteiger partial charge in [0.2, 0.25) is 5.91 Å². The number of anilines is 1. The third-order valence-corrected chi connectivity index (χ3v) is 3.85. The lowest BCUT2D eigenvalue weighted by Crippen LogP contribution is -2.42. The largest absolute Gasteiger partial charge is 0.504 e. The number of para-hydroxylation sites is 1. The van der Waals surface area contributed by atoms with Crippen molar-refractivity contribution in [1.82, 2.24) is 0 Å². The number of benzene rings is 1. The van der Waals surface area contributed by atoms with Crippen molar-refractivity contribution >= 4 is 17.6 Å². The van der Waals surface area contributed by atoms with E-state index in [-0.39, 0.29) is 24.6 Å². The Balaban J connectivity index is 2.24. The van der Waals surface area contributed by atoms with Crippen molar-refractivity contribution in [2.75, 3.05) is 25.2 Å². The number of carbonyl (C=O) groups excluding carboxylic acids is 2. The van der Waals surface area contributed by atoms with Gasteiger partial charge in [0.15, 0.2) is 0 Å². The highest BCUT2D eigenvalue weighted by Gasteiger charge is 2.60. The molecule has 0 bridgehead atoms. The molecule has 2 aliphatic heterocycles. The van der Waals surface area contributed by atoms with Gasteiger partial charge in [-0.15, -0.1) is 6.42 Å². The molecule has 1 saturated heterocycles. The number of amides is 1. The third kappa shape index (κ3) is 1.59. The van der Waals surface area contributed by atoms with Crippen molar-refractivity contribution in [2.45, 2.75) is 5.41 Å². The zero-order valence-electron chi connectivity index (χ0n) is 11.5. The van der Waals surface area contributed by atoms with E-state index in [9.17, 15) is 9.59 Å². The number of rotatable bonds is 2. The van der Waals surface area contributed by atoms with E-state index in [2.05, 4.69) is 5.92 Å². The summed E-state index contributed by atoms with van der Waals surface area (Å²) >= 11 is 0. The number of nitrogens with zero attached hydrogens (tertiary/aromatic N) is 1. The van der Waals surface area contributed by atoms with Gasteiger partial charge in [-0.3, -0.25) is 9.69 Å². The topological polar surface area (TPSA) is 55.8 Å². The monoisotopic (exact) mass is 283 g/mol. The van der Waals surface area contributed by atoms with Crippen LogP contribution in [0, 0.1) is 12.3 Å². The molecule has 21 heavy (non-hydrogen) atoms. The Hall–Kier alpha value is -2.74. The van der Waals surface area contributed by atoms with Gasteiger partial charge < -0.3 is 9.47 Å². The maximum atomic E-state index is 12.9. The average Bonchev–Trinajstić information content (AvgIpc) is 2.94. The molecule has 1 atom stereocenters. The Kier molecular flexibility index (Phi) is 2.95. The van der Waals surface area contributed by atoms with Gasteiger partial charge in [-0.2, -0.15) is 0 Å². The lowest BCUT2D eigenvalue weighted by molar-refractivity contribution is -0.135. The molecule has 3 rings (SSSR count). The first-order chi connectivity index (χ1) is 10.2. The molecule has 1 amide bonds. The fraction of sp³-hybridized carbons (Fsp3) is 0.250. The van der Waals surface area contributed by atoms with Crippen LogP contribution in [0.2, 0.25) is 0 Å². The van der Waals surface area contributed by atoms with Crippen LogP contribution in [-0.2, 0) is 24.5 Å². The van der Waals surface area contributed by atoms with Crippen LogP contribution in [0.5, 0.6) is 0 Å². The second-order valence-corrected chi connectivity index (χ2v) is 4.86. The molecule has 0 aliphatic carbocycles. The summed E-state index contributed by atoms with van der Waals surface area (Å²) in [4.78, 5) is 26.4. The standard InChI is InChI=1S/C16H13NO4/c1-3-8-17-13-7-5-4-6-11(13)16(15(17)19)10-21-14(18)12(16)9-20-2/h1,4-7,9H,8,10H2,2H3/b12-9+. The van der Waals surface area contributed by atoms with Gasteiger partial charge in [0.25, 0.3) is 0 Å². The van der Waals surface area contributed by atoms with Gasteiger partial charge in [0.1, 0.15) is 12.0 Å². The molecule has 1 unspecified atom stereocenters. The lowest BCUT2D eigenvalue weighted by Gasteiger charge is -2.21. The molecule has 5 nitrogen and oxygen atoms in total. The fourth-order valence-electron chi connectivity index (χ4n) is 2.94. The first kappa shape index (κ1) is 13.3. The third-order valence-electron chi connectivity index (χ3n) is 3.85. The highest BCUT2D eigenvalue weighted by molar-refractivity contribution is 6.17. The summed E-state index contributed by atoms with van der Waals surface area (Å²) in [5.41, 5.74) is 0.489. The number of hydrogen-bond acceptors (Lipinski definition) is 4. The van der Waals surface area contributed by atoms with E-state index in [0.29, 0.717) is 5.69 Å². The fourth-order valence-corrected chi connectivity index (χ4v) is 2.94. The Bertz CT molecular complexity index is 700. The van der Waals surface area contributed by atoms with Crippen LogP contribution in [-0.4, -0.2) is 32.1 Å². The number of cyclic esters (lactones) is 1. The quantitative estimate of drug-likeness (QED) is 0.351. The molecule has 1 spiro atoms. The van der Waals surface area contributed by atoms with E-state index in [1.54, 1.807) is 0 Å². The second kappa shape index (κ2) is 4.67. The molecule has 0 N–H and O–H groups in total. The average molecular weight is 283 g/mol. The van der Waals surface area contributed by atoms with Crippen molar-refractivity contribution < 1.29 is 19.1 Å². The molecule has 2 aliphatic rings. The zero-order chi connectivity index (χ0) is 15.0. The van der Waals surface area contributed by atoms with E-state index in [1.165, 1.54) is 18.3 Å². The molecular formula is C16H13NO4. The highest BCUT2D eigenvalue weighted by Crippen LogP contribution is 2.49. The minimum Gasteiger partial charge on any atom is -0.504 e. The number of methoxy groups -OCH3 is 1. The van der Waals surface area contributed by atoms with Crippen molar-refractivity contribution in [2.24, 2.45) is 0 Å². The van der Waals surface area contributed by atoms with E-state index >= 15 is 0 Å². The normalized spacial score (nSPS) is 25.1. The van der Waals surface area contributed by atoms with Crippen LogP contribution in [0.3, 0.4) is 0 Å². The SMILES string of the molecule is C#CCN1C(=O)C2(COC(=O)/C2=C\OC)c2ccccc21. The van der Waals surface area contributed by atoms with Crippen LogP contribution < -0.4 is 4.90 Å². The number of carbonyl (C=O) groups is 2. The molecule has 0 radical (unpaired) electrons. The summed E-state index contributed by atoms with van der Waals surface area (Å²) in [5.74, 6) is 1.68. The van der Waals surface area contributed by atoms with Crippen LogP contribution in [0.25, 0.3) is 0 Å². The summed E-state index contributed by atoms with van der Waals surface area (Å²) in [6.45, 7) is 0.115. The minimum absolute atomic E-state index is 0.0298. The summed E-state index contributed by atoms with van der Waals surface area (Å²) in [6, 6.07) is 7.27. The smallest absolute Gasteiger partial charge is 0.338 e. The zero-order valence-corrected chi connectivity index (χ0v) is 11.5. The number of terminal acetylenes is 1. The highest BCUT2D eigenvalue weighted by atomic mass is 16.5. The molecule has 1 aromatic carbocycles. The molecule has 1 aromatic rings. The van der Waals surface area contributed by atoms with Crippen molar-refractivity contribution in [3.8, 4) is 12.3 Å². The lowest BCUT2D eigenvalue weighted by atomic mass is 9.77. The van der Waals surface area contributed by atoms with Gasteiger partial charge in [0, 0.05) is 5.69 Å². The van der Waals surface area contributed by atoms with Crippen LogP contribution in [0.1, 0.15) is 5.56 Å². The van der Waals surface area contributed by atoms with Gasteiger partial charge in [-0.25, -0.2) is 4.79 Å². The first-order valence-corrected chi connectivity index (χ1v) is 6.42. The predicted molar refractivity (Wildman–Crippen MR) is 75.4 cm³/mol. The molecular weight excluding hydrogens is 270 g/mol. The maximum absolute atomic E-state index is 12.9. The Morgan fingerprint density at radius 1 is 1.48 bits per heavy atom. The van der Waals surface area contributed by atoms with Crippen LogP contribution >= 0.6 is 0 Å². The molecule has 0 saturated carbocycles. The van der Waals surface area contributed by atoms with E-state index in [4.69, 9.17) is 15.9 Å². The van der Waals surface area contributed by atoms with Gasteiger partial charge >= 0.3 is 5.97 Å². The number of ether oxygens (including phenoxy) is 2. The Morgan fingerprint density at radius 3 is 2.95 bits per heavy atom. The van der Waals surface area contributed by atoms with E-state index < -0.39 is 11.4 Å². The van der Waals surface area contributed by atoms with Gasteiger partial charge in [-0.05, 0) is 11.6 Å². The first-order valence-electron chi connectivity index (χ1n) is 6.42.